The van der Waals surface area contributed by atoms with E-state index in [9.17, 15) is 0 Å². The highest BCUT2D eigenvalue weighted by Gasteiger charge is 2.24. The number of rotatable bonds is 4. The van der Waals surface area contributed by atoms with Crippen LogP contribution in [0.3, 0.4) is 0 Å². The van der Waals surface area contributed by atoms with Crippen molar-refractivity contribution >= 4 is 5.82 Å². The van der Waals surface area contributed by atoms with Gasteiger partial charge in [-0.2, -0.15) is 0 Å². The predicted octanol–water partition coefficient (Wildman–Crippen LogP) is 0.781. The number of hydrogen-bond donors (Lipinski definition) is 1. The molecule has 1 fully saturated rings. The SMILES string of the molecule is CN(CC1CC1)c1nccnc1CN. The van der Waals surface area contributed by atoms with Crippen molar-refractivity contribution in [3.63, 3.8) is 0 Å². The average molecular weight is 192 g/mol. The third kappa shape index (κ3) is 2.01. The Labute approximate surface area is 84.2 Å². The molecule has 14 heavy (non-hydrogen) atoms. The van der Waals surface area contributed by atoms with Crippen LogP contribution in [0.15, 0.2) is 12.4 Å². The first-order valence-electron chi connectivity index (χ1n) is 5.02. The van der Waals surface area contributed by atoms with Crippen LogP contribution in [0.25, 0.3) is 0 Å². The smallest absolute Gasteiger partial charge is 0.151 e. The number of nitrogens with zero attached hydrogens (tertiary/aromatic N) is 3. The lowest BCUT2D eigenvalue weighted by Gasteiger charge is -2.19. The molecular weight excluding hydrogens is 176 g/mol. The molecule has 1 aliphatic carbocycles. The minimum Gasteiger partial charge on any atom is -0.358 e. The van der Waals surface area contributed by atoms with Gasteiger partial charge in [-0.1, -0.05) is 0 Å². The normalized spacial score (nSPS) is 15.6. The molecule has 0 radical (unpaired) electrons. The summed E-state index contributed by atoms with van der Waals surface area (Å²) in [6.45, 7) is 1.53. The van der Waals surface area contributed by atoms with E-state index in [0.29, 0.717) is 6.54 Å². The molecule has 1 heterocycles. The lowest BCUT2D eigenvalue weighted by Crippen LogP contribution is -2.23. The lowest BCUT2D eigenvalue weighted by atomic mass is 10.3. The topological polar surface area (TPSA) is 55.0 Å². The molecule has 0 saturated heterocycles. The van der Waals surface area contributed by atoms with Crippen LogP contribution in [0.2, 0.25) is 0 Å². The van der Waals surface area contributed by atoms with Gasteiger partial charge >= 0.3 is 0 Å². The van der Waals surface area contributed by atoms with Crippen molar-refractivity contribution in [2.75, 3.05) is 18.5 Å². The second kappa shape index (κ2) is 3.92. The Morgan fingerprint density at radius 2 is 2.14 bits per heavy atom. The van der Waals surface area contributed by atoms with E-state index in [1.165, 1.54) is 12.8 Å². The summed E-state index contributed by atoms with van der Waals surface area (Å²) >= 11 is 0. The molecule has 0 bridgehead atoms. The number of anilines is 1. The largest absolute Gasteiger partial charge is 0.358 e. The van der Waals surface area contributed by atoms with Crippen LogP contribution in [0, 0.1) is 5.92 Å². The predicted molar refractivity (Wildman–Crippen MR) is 55.9 cm³/mol. The van der Waals surface area contributed by atoms with E-state index in [1.807, 2.05) is 0 Å². The van der Waals surface area contributed by atoms with Gasteiger partial charge in [-0.3, -0.25) is 4.98 Å². The van der Waals surface area contributed by atoms with Crippen molar-refractivity contribution in [2.24, 2.45) is 11.7 Å². The first-order chi connectivity index (χ1) is 6.81. The Bertz CT molecular complexity index is 309. The molecule has 1 aromatic heterocycles. The fourth-order valence-corrected chi connectivity index (χ4v) is 1.60. The van der Waals surface area contributed by atoms with Crippen LogP contribution in [-0.2, 0) is 6.54 Å². The maximum Gasteiger partial charge on any atom is 0.151 e. The van der Waals surface area contributed by atoms with Crippen LogP contribution < -0.4 is 10.6 Å². The molecule has 4 heteroatoms. The summed E-state index contributed by atoms with van der Waals surface area (Å²) in [6, 6.07) is 0. The minimum absolute atomic E-state index is 0.457. The van der Waals surface area contributed by atoms with Crippen LogP contribution in [0.4, 0.5) is 5.82 Å². The molecule has 0 aromatic carbocycles. The van der Waals surface area contributed by atoms with E-state index in [2.05, 4.69) is 21.9 Å². The Hall–Kier alpha value is -1.16. The molecule has 0 atom stereocenters. The average Bonchev–Trinajstić information content (AvgIpc) is 3.01. The van der Waals surface area contributed by atoms with Gasteiger partial charge < -0.3 is 10.6 Å². The molecule has 4 nitrogen and oxygen atoms in total. The monoisotopic (exact) mass is 192 g/mol. The quantitative estimate of drug-likeness (QED) is 0.766. The van der Waals surface area contributed by atoms with Crippen LogP contribution in [0.1, 0.15) is 18.5 Å². The van der Waals surface area contributed by atoms with Gasteiger partial charge in [-0.25, -0.2) is 4.98 Å². The van der Waals surface area contributed by atoms with E-state index >= 15 is 0 Å². The first kappa shape index (κ1) is 9.40. The Morgan fingerprint density at radius 3 is 2.79 bits per heavy atom. The molecule has 0 unspecified atom stereocenters. The number of nitrogens with two attached hydrogens (primary N) is 1. The molecule has 2 rings (SSSR count). The molecule has 0 amide bonds. The Morgan fingerprint density at radius 1 is 1.43 bits per heavy atom. The molecule has 1 aliphatic rings. The van der Waals surface area contributed by atoms with Crippen molar-refractivity contribution in [3.05, 3.63) is 18.1 Å². The second-order valence-corrected chi connectivity index (χ2v) is 3.85. The van der Waals surface area contributed by atoms with Crippen LogP contribution in [0.5, 0.6) is 0 Å². The van der Waals surface area contributed by atoms with Crippen molar-refractivity contribution in [1.82, 2.24) is 9.97 Å². The summed E-state index contributed by atoms with van der Waals surface area (Å²) in [7, 11) is 2.06. The molecule has 2 N–H and O–H groups in total. The van der Waals surface area contributed by atoms with Crippen molar-refractivity contribution in [2.45, 2.75) is 19.4 Å². The van der Waals surface area contributed by atoms with Gasteiger partial charge in [0.15, 0.2) is 5.82 Å². The van der Waals surface area contributed by atoms with E-state index in [4.69, 9.17) is 5.73 Å². The summed E-state index contributed by atoms with van der Waals surface area (Å²) < 4.78 is 0. The van der Waals surface area contributed by atoms with Crippen LogP contribution >= 0.6 is 0 Å². The molecule has 76 valence electrons. The van der Waals surface area contributed by atoms with E-state index in [1.54, 1.807) is 12.4 Å². The lowest BCUT2D eigenvalue weighted by molar-refractivity contribution is 0.764. The summed E-state index contributed by atoms with van der Waals surface area (Å²) in [5.74, 6) is 1.79. The third-order valence-electron chi connectivity index (χ3n) is 2.54. The van der Waals surface area contributed by atoms with Crippen molar-refractivity contribution in [1.29, 1.82) is 0 Å². The van der Waals surface area contributed by atoms with Gasteiger partial charge in [0, 0.05) is 32.5 Å². The van der Waals surface area contributed by atoms with E-state index in [-0.39, 0.29) is 0 Å². The van der Waals surface area contributed by atoms with Gasteiger partial charge in [-0.15, -0.1) is 0 Å². The summed E-state index contributed by atoms with van der Waals surface area (Å²) in [5, 5.41) is 0. The molecule has 0 aliphatic heterocycles. The summed E-state index contributed by atoms with van der Waals surface area (Å²) in [5.41, 5.74) is 6.49. The van der Waals surface area contributed by atoms with Gasteiger partial charge in [0.2, 0.25) is 0 Å². The molecule has 1 saturated carbocycles. The fraction of sp³-hybridized carbons (Fsp3) is 0.600. The van der Waals surface area contributed by atoms with Crippen LogP contribution in [-0.4, -0.2) is 23.6 Å². The summed E-state index contributed by atoms with van der Waals surface area (Å²) in [4.78, 5) is 10.7. The van der Waals surface area contributed by atoms with E-state index < -0.39 is 0 Å². The third-order valence-corrected chi connectivity index (χ3v) is 2.54. The molecular formula is C10H16N4. The summed E-state index contributed by atoms with van der Waals surface area (Å²) in [6.07, 6.45) is 6.11. The van der Waals surface area contributed by atoms with Crippen molar-refractivity contribution < 1.29 is 0 Å². The second-order valence-electron chi connectivity index (χ2n) is 3.85. The number of hydrogen-bond acceptors (Lipinski definition) is 4. The first-order valence-corrected chi connectivity index (χ1v) is 5.02. The fourth-order valence-electron chi connectivity index (χ4n) is 1.60. The van der Waals surface area contributed by atoms with Gasteiger partial charge in [-0.05, 0) is 18.8 Å². The molecule has 0 spiro atoms. The highest BCUT2D eigenvalue weighted by atomic mass is 15.2. The zero-order chi connectivity index (χ0) is 9.97. The Balaban J connectivity index is 2.11. The Kier molecular flexibility index (Phi) is 2.63. The maximum absolute atomic E-state index is 5.61. The maximum atomic E-state index is 5.61. The minimum atomic E-state index is 0.457. The zero-order valence-electron chi connectivity index (χ0n) is 8.48. The molecule has 1 aromatic rings. The standard InChI is InChI=1S/C10H16N4/c1-14(7-8-2-3-8)10-9(6-11)12-4-5-13-10/h4-5,8H,2-3,6-7,11H2,1H3. The van der Waals surface area contributed by atoms with Gasteiger partial charge in [0.05, 0.1) is 5.69 Å². The zero-order valence-corrected chi connectivity index (χ0v) is 8.48. The number of aromatic nitrogens is 2. The highest BCUT2D eigenvalue weighted by molar-refractivity contribution is 5.42. The highest BCUT2D eigenvalue weighted by Crippen LogP contribution is 2.30. The van der Waals surface area contributed by atoms with Gasteiger partial charge in [0.1, 0.15) is 0 Å². The van der Waals surface area contributed by atoms with Crippen molar-refractivity contribution in [3.8, 4) is 0 Å². The van der Waals surface area contributed by atoms with Gasteiger partial charge in [0.25, 0.3) is 0 Å². The van der Waals surface area contributed by atoms with E-state index in [0.717, 1.165) is 24.0 Å².